The number of rotatable bonds is 1. The minimum atomic E-state index is -0.482. The topological polar surface area (TPSA) is 67.1 Å². The van der Waals surface area contributed by atoms with E-state index in [-0.39, 0.29) is 17.8 Å². The van der Waals surface area contributed by atoms with Gasteiger partial charge in [0.25, 0.3) is 0 Å². The molecule has 0 aromatic carbocycles. The molecule has 1 aliphatic rings. The van der Waals surface area contributed by atoms with E-state index in [1.54, 1.807) is 23.2 Å². The van der Waals surface area contributed by atoms with Crippen LogP contribution in [0.25, 0.3) is 5.65 Å². The second-order valence-corrected chi connectivity index (χ2v) is 7.08. The summed E-state index contributed by atoms with van der Waals surface area (Å²) in [5, 5.41) is 9.55. The van der Waals surface area contributed by atoms with E-state index in [4.69, 9.17) is 4.74 Å². The number of aromatic nitrogens is 2. The van der Waals surface area contributed by atoms with Crippen LogP contribution in [0.4, 0.5) is 4.79 Å². The number of piperidine rings is 1. The average Bonchev–Trinajstić information content (AvgIpc) is 2.88. The van der Waals surface area contributed by atoms with Gasteiger partial charge < -0.3 is 19.1 Å². The molecule has 1 amide bonds. The summed E-state index contributed by atoms with van der Waals surface area (Å²) in [7, 11) is 0. The third kappa shape index (κ3) is 3.57. The smallest absolute Gasteiger partial charge is 0.410 e. The normalized spacial score (nSPS) is 19.1. The lowest BCUT2D eigenvalue weighted by atomic mass is 9.95. The Morgan fingerprint density at radius 3 is 2.87 bits per heavy atom. The molecule has 2 aromatic rings. The van der Waals surface area contributed by atoms with Crippen LogP contribution in [0.1, 0.15) is 45.2 Å². The summed E-state index contributed by atoms with van der Waals surface area (Å²) in [6, 6.07) is 3.41. The van der Waals surface area contributed by atoms with Crippen molar-refractivity contribution >= 4 is 11.7 Å². The second kappa shape index (κ2) is 5.76. The number of carbonyl (C=O) groups excluding carboxylic acids is 1. The van der Waals surface area contributed by atoms with Gasteiger partial charge in [-0.3, -0.25) is 0 Å². The molecule has 0 radical (unpaired) electrons. The van der Waals surface area contributed by atoms with E-state index in [2.05, 4.69) is 4.98 Å². The predicted molar refractivity (Wildman–Crippen MR) is 86.6 cm³/mol. The van der Waals surface area contributed by atoms with Gasteiger partial charge >= 0.3 is 6.09 Å². The molecule has 0 aliphatic carbocycles. The van der Waals surface area contributed by atoms with Crippen molar-refractivity contribution in [2.45, 2.75) is 45.1 Å². The van der Waals surface area contributed by atoms with E-state index in [0.29, 0.717) is 6.54 Å². The molecular weight excluding hydrogens is 294 g/mol. The van der Waals surface area contributed by atoms with Gasteiger partial charge in [0.2, 0.25) is 0 Å². The van der Waals surface area contributed by atoms with Gasteiger partial charge in [-0.1, -0.05) is 0 Å². The molecule has 1 saturated heterocycles. The van der Waals surface area contributed by atoms with Crippen LogP contribution in [0.5, 0.6) is 5.75 Å². The Kier molecular flexibility index (Phi) is 3.92. The highest BCUT2D eigenvalue weighted by molar-refractivity contribution is 5.68. The van der Waals surface area contributed by atoms with Gasteiger partial charge in [-0.25, -0.2) is 9.78 Å². The Balaban J connectivity index is 1.75. The van der Waals surface area contributed by atoms with Gasteiger partial charge in [0.15, 0.2) is 0 Å². The van der Waals surface area contributed by atoms with Crippen molar-refractivity contribution in [3.63, 3.8) is 0 Å². The van der Waals surface area contributed by atoms with E-state index in [0.717, 1.165) is 30.7 Å². The Hall–Kier alpha value is -2.24. The van der Waals surface area contributed by atoms with E-state index in [1.807, 2.05) is 31.4 Å². The van der Waals surface area contributed by atoms with Gasteiger partial charge in [0.1, 0.15) is 17.0 Å². The minimum absolute atomic E-state index is 0.193. The number of carbonyl (C=O) groups is 1. The molecule has 6 heteroatoms. The van der Waals surface area contributed by atoms with Crippen LogP contribution in [-0.2, 0) is 4.74 Å². The van der Waals surface area contributed by atoms with Crippen molar-refractivity contribution in [3.8, 4) is 5.75 Å². The molecule has 1 aliphatic heterocycles. The summed E-state index contributed by atoms with van der Waals surface area (Å²) in [6.07, 6.45) is 5.24. The van der Waals surface area contributed by atoms with E-state index >= 15 is 0 Å². The molecular formula is C17H23N3O3. The standard InChI is InChI=1S/C17H23N3O3/c1-17(2,3)23-16(22)19-8-4-5-12(9-19)14-11-20-10-13(21)6-7-15(20)18-14/h6-7,10-12,21H,4-5,8-9H2,1-3H3. The van der Waals surface area contributed by atoms with Gasteiger partial charge in [-0.2, -0.15) is 0 Å². The van der Waals surface area contributed by atoms with Crippen LogP contribution >= 0.6 is 0 Å². The number of amides is 1. The number of ether oxygens (including phenoxy) is 1. The molecule has 0 bridgehead atoms. The summed E-state index contributed by atoms with van der Waals surface area (Å²) in [5.41, 5.74) is 1.26. The van der Waals surface area contributed by atoms with Crippen LogP contribution < -0.4 is 0 Å². The van der Waals surface area contributed by atoms with Crippen LogP contribution in [0.2, 0.25) is 0 Å². The number of aromatic hydroxyl groups is 1. The zero-order valence-corrected chi connectivity index (χ0v) is 13.8. The SMILES string of the molecule is CC(C)(C)OC(=O)N1CCCC(c2cn3cc(O)ccc3n2)C1. The molecule has 0 spiro atoms. The fourth-order valence-corrected chi connectivity index (χ4v) is 2.91. The van der Waals surface area contributed by atoms with Crippen LogP contribution in [0, 0.1) is 0 Å². The number of fused-ring (bicyclic) bond motifs is 1. The number of pyridine rings is 1. The Bertz CT molecular complexity index is 717. The molecule has 6 nitrogen and oxygen atoms in total. The summed E-state index contributed by atoms with van der Waals surface area (Å²) < 4.78 is 7.28. The molecule has 3 heterocycles. The average molecular weight is 317 g/mol. The molecule has 1 fully saturated rings. The number of likely N-dealkylation sites (tertiary alicyclic amines) is 1. The number of hydrogen-bond acceptors (Lipinski definition) is 4. The first-order valence-corrected chi connectivity index (χ1v) is 7.97. The van der Waals surface area contributed by atoms with Crippen LogP contribution in [0.15, 0.2) is 24.5 Å². The highest BCUT2D eigenvalue weighted by Crippen LogP contribution is 2.28. The van der Waals surface area contributed by atoms with Crippen molar-refractivity contribution < 1.29 is 14.6 Å². The number of hydrogen-bond donors (Lipinski definition) is 1. The van der Waals surface area contributed by atoms with Crippen molar-refractivity contribution in [2.24, 2.45) is 0 Å². The summed E-state index contributed by atoms with van der Waals surface area (Å²) >= 11 is 0. The van der Waals surface area contributed by atoms with Crippen molar-refractivity contribution in [1.82, 2.24) is 14.3 Å². The van der Waals surface area contributed by atoms with E-state index in [9.17, 15) is 9.90 Å². The fraction of sp³-hybridized carbons (Fsp3) is 0.529. The maximum absolute atomic E-state index is 12.3. The Morgan fingerprint density at radius 1 is 1.35 bits per heavy atom. The highest BCUT2D eigenvalue weighted by atomic mass is 16.6. The molecule has 23 heavy (non-hydrogen) atoms. The van der Waals surface area contributed by atoms with Gasteiger partial charge in [-0.05, 0) is 45.7 Å². The molecule has 0 saturated carbocycles. The predicted octanol–water partition coefficient (Wildman–Crippen LogP) is 3.15. The highest BCUT2D eigenvalue weighted by Gasteiger charge is 2.29. The van der Waals surface area contributed by atoms with Crippen molar-refractivity contribution in [1.29, 1.82) is 0 Å². The van der Waals surface area contributed by atoms with Crippen molar-refractivity contribution in [2.75, 3.05) is 13.1 Å². The molecule has 124 valence electrons. The first kappa shape index (κ1) is 15.6. The Labute approximate surface area is 135 Å². The lowest BCUT2D eigenvalue weighted by molar-refractivity contribution is 0.0197. The summed E-state index contributed by atoms with van der Waals surface area (Å²) in [5.74, 6) is 0.402. The largest absolute Gasteiger partial charge is 0.506 e. The van der Waals surface area contributed by atoms with Gasteiger partial charge in [0, 0.05) is 25.2 Å². The fourth-order valence-electron chi connectivity index (χ4n) is 2.91. The number of nitrogens with zero attached hydrogens (tertiary/aromatic N) is 3. The monoisotopic (exact) mass is 317 g/mol. The third-order valence-electron chi connectivity index (χ3n) is 3.95. The molecule has 3 rings (SSSR count). The quantitative estimate of drug-likeness (QED) is 0.877. The van der Waals surface area contributed by atoms with Gasteiger partial charge in [-0.15, -0.1) is 0 Å². The zero-order valence-electron chi connectivity index (χ0n) is 13.8. The molecule has 1 N–H and O–H groups in total. The lowest BCUT2D eigenvalue weighted by Crippen LogP contribution is -2.42. The minimum Gasteiger partial charge on any atom is -0.506 e. The molecule has 2 aromatic heterocycles. The second-order valence-electron chi connectivity index (χ2n) is 7.08. The maximum atomic E-state index is 12.3. The first-order valence-electron chi connectivity index (χ1n) is 7.97. The summed E-state index contributed by atoms with van der Waals surface area (Å²) in [4.78, 5) is 18.6. The van der Waals surface area contributed by atoms with Crippen LogP contribution in [0.3, 0.4) is 0 Å². The third-order valence-corrected chi connectivity index (χ3v) is 3.95. The number of imidazole rings is 1. The van der Waals surface area contributed by atoms with E-state index < -0.39 is 5.60 Å². The van der Waals surface area contributed by atoms with E-state index in [1.165, 1.54) is 0 Å². The lowest BCUT2D eigenvalue weighted by Gasteiger charge is -2.33. The molecule has 1 unspecified atom stereocenters. The van der Waals surface area contributed by atoms with Crippen molar-refractivity contribution in [3.05, 3.63) is 30.2 Å². The van der Waals surface area contributed by atoms with Crippen LogP contribution in [-0.4, -0.2) is 44.2 Å². The maximum Gasteiger partial charge on any atom is 0.410 e. The summed E-state index contributed by atoms with van der Waals surface area (Å²) in [6.45, 7) is 6.97. The molecule has 1 atom stereocenters. The zero-order chi connectivity index (χ0) is 16.6. The first-order chi connectivity index (χ1) is 10.8. The Morgan fingerprint density at radius 2 is 2.13 bits per heavy atom. The van der Waals surface area contributed by atoms with Gasteiger partial charge in [0.05, 0.1) is 11.9 Å².